The largest absolute Gasteiger partial charge is 0.416 e. The third-order valence-electron chi connectivity index (χ3n) is 5.40. The van der Waals surface area contributed by atoms with Crippen LogP contribution in [0.15, 0.2) is 87.9 Å². The number of amides is 2. The number of anilines is 2. The van der Waals surface area contributed by atoms with Gasteiger partial charge in [0.05, 0.1) is 10.8 Å². The standard InChI is InChI=1S/C26H16BrClF3N3O2S/c27-17-7-9-18(10-8-17)33-23(35)20(14-32)25-34(19-4-2-1-3-5-19)24(36)22(37-25)13-15-12-16(26(29,30)31)6-11-21(15)28/h1-12,22H,13H2,(H,33,35)/b25-20-/t22-/m1/s1. The Balaban J connectivity index is 1.72. The Labute approximate surface area is 228 Å². The first-order valence-corrected chi connectivity index (χ1v) is 12.8. The summed E-state index contributed by atoms with van der Waals surface area (Å²) in [4.78, 5) is 27.8. The van der Waals surface area contributed by atoms with Crippen molar-refractivity contribution in [2.45, 2.75) is 17.8 Å². The summed E-state index contributed by atoms with van der Waals surface area (Å²) in [6, 6.07) is 19.9. The minimum Gasteiger partial charge on any atom is -0.321 e. The Morgan fingerprint density at radius 1 is 1.11 bits per heavy atom. The molecule has 2 amide bonds. The zero-order valence-electron chi connectivity index (χ0n) is 18.7. The Bertz CT molecular complexity index is 1420. The molecule has 1 aliphatic heterocycles. The van der Waals surface area contributed by atoms with E-state index in [9.17, 15) is 28.0 Å². The average Bonchev–Trinajstić information content (AvgIpc) is 3.17. The number of hydrogen-bond donors (Lipinski definition) is 1. The molecule has 0 aromatic heterocycles. The van der Waals surface area contributed by atoms with Crippen LogP contribution in [0.1, 0.15) is 11.1 Å². The Morgan fingerprint density at radius 2 is 1.78 bits per heavy atom. The highest BCUT2D eigenvalue weighted by molar-refractivity contribution is 9.10. The summed E-state index contributed by atoms with van der Waals surface area (Å²) in [6.45, 7) is 0. The summed E-state index contributed by atoms with van der Waals surface area (Å²) in [5.74, 6) is -1.21. The van der Waals surface area contributed by atoms with Crippen LogP contribution in [0.4, 0.5) is 24.5 Å². The van der Waals surface area contributed by atoms with E-state index in [0.29, 0.717) is 11.4 Å². The third-order valence-corrected chi connectivity index (χ3v) is 7.56. The number of nitrogens with one attached hydrogen (secondary N) is 1. The van der Waals surface area contributed by atoms with E-state index in [4.69, 9.17) is 11.6 Å². The smallest absolute Gasteiger partial charge is 0.321 e. The highest BCUT2D eigenvalue weighted by atomic mass is 79.9. The van der Waals surface area contributed by atoms with E-state index in [1.807, 2.05) is 6.07 Å². The quantitative estimate of drug-likeness (QED) is 0.247. The molecular formula is C26H16BrClF3N3O2S. The number of nitrogens with zero attached hydrogens (tertiary/aromatic N) is 2. The fourth-order valence-electron chi connectivity index (χ4n) is 3.63. The predicted octanol–water partition coefficient (Wildman–Crippen LogP) is 7.19. The zero-order valence-corrected chi connectivity index (χ0v) is 21.9. The first kappa shape index (κ1) is 26.8. The molecule has 37 heavy (non-hydrogen) atoms. The molecule has 188 valence electrons. The SMILES string of the molecule is N#C/C(C(=O)Nc1ccc(Br)cc1)=C1/S[C@H](Cc2cc(C(F)(F)F)ccc2Cl)C(=O)N1c1ccccc1. The minimum absolute atomic E-state index is 0.0820. The molecule has 1 fully saturated rings. The second kappa shape index (κ2) is 11.0. The average molecular weight is 607 g/mol. The lowest BCUT2D eigenvalue weighted by Gasteiger charge is -2.18. The van der Waals surface area contributed by atoms with Crippen LogP contribution >= 0.6 is 39.3 Å². The normalized spacial score (nSPS) is 16.9. The van der Waals surface area contributed by atoms with Crippen LogP contribution in [-0.2, 0) is 22.2 Å². The van der Waals surface area contributed by atoms with E-state index >= 15 is 0 Å². The van der Waals surface area contributed by atoms with Crippen molar-refractivity contribution in [2.24, 2.45) is 0 Å². The molecule has 0 unspecified atom stereocenters. The van der Waals surface area contributed by atoms with Crippen molar-refractivity contribution in [1.82, 2.24) is 0 Å². The lowest BCUT2D eigenvalue weighted by molar-refractivity contribution is -0.137. The molecule has 1 atom stereocenters. The molecule has 1 heterocycles. The van der Waals surface area contributed by atoms with Gasteiger partial charge in [0.25, 0.3) is 5.91 Å². The Hall–Kier alpha value is -3.26. The van der Waals surface area contributed by atoms with Crippen LogP contribution in [-0.4, -0.2) is 17.1 Å². The third kappa shape index (κ3) is 6.01. The van der Waals surface area contributed by atoms with Crippen molar-refractivity contribution in [2.75, 3.05) is 10.2 Å². The van der Waals surface area contributed by atoms with Gasteiger partial charge in [-0.2, -0.15) is 18.4 Å². The molecule has 1 saturated heterocycles. The second-order valence-electron chi connectivity index (χ2n) is 7.88. The van der Waals surface area contributed by atoms with E-state index in [-0.39, 0.29) is 27.6 Å². The van der Waals surface area contributed by atoms with E-state index in [1.165, 1.54) is 4.90 Å². The van der Waals surface area contributed by atoms with Gasteiger partial charge in [-0.15, -0.1) is 0 Å². The van der Waals surface area contributed by atoms with E-state index in [2.05, 4.69) is 21.2 Å². The number of rotatable bonds is 5. The number of halogens is 5. The first-order chi connectivity index (χ1) is 17.6. The summed E-state index contributed by atoms with van der Waals surface area (Å²) in [5, 5.41) is 11.8. The molecule has 1 aliphatic rings. The van der Waals surface area contributed by atoms with Crippen LogP contribution in [0.5, 0.6) is 0 Å². The molecule has 0 spiro atoms. The van der Waals surface area contributed by atoms with Gasteiger partial charge < -0.3 is 5.32 Å². The van der Waals surface area contributed by atoms with Crippen LogP contribution < -0.4 is 10.2 Å². The number of thioether (sulfide) groups is 1. The van der Waals surface area contributed by atoms with Crippen molar-refractivity contribution in [3.63, 3.8) is 0 Å². The number of nitriles is 1. The number of benzene rings is 3. The zero-order chi connectivity index (χ0) is 26.7. The topological polar surface area (TPSA) is 73.2 Å². The molecule has 5 nitrogen and oxygen atoms in total. The van der Waals surface area contributed by atoms with E-state index in [0.717, 1.165) is 34.4 Å². The molecule has 3 aromatic carbocycles. The van der Waals surface area contributed by atoms with E-state index in [1.54, 1.807) is 54.6 Å². The van der Waals surface area contributed by atoms with Gasteiger partial charge >= 0.3 is 6.18 Å². The molecule has 0 saturated carbocycles. The lowest BCUT2D eigenvalue weighted by Crippen LogP contribution is -2.31. The highest BCUT2D eigenvalue weighted by Crippen LogP contribution is 2.43. The van der Waals surface area contributed by atoms with E-state index < -0.39 is 28.8 Å². The van der Waals surface area contributed by atoms with Crippen molar-refractivity contribution >= 4 is 62.5 Å². The number of carbonyl (C=O) groups is 2. The lowest BCUT2D eigenvalue weighted by atomic mass is 10.0. The fourth-order valence-corrected chi connectivity index (χ4v) is 5.39. The molecule has 0 aliphatic carbocycles. The molecule has 11 heteroatoms. The first-order valence-electron chi connectivity index (χ1n) is 10.7. The number of carbonyl (C=O) groups excluding carboxylic acids is 2. The van der Waals surface area contributed by atoms with Gasteiger partial charge in [-0.1, -0.05) is 57.5 Å². The molecule has 3 aromatic rings. The minimum atomic E-state index is -4.58. The van der Waals surface area contributed by atoms with Gasteiger partial charge in [-0.05, 0) is 66.6 Å². The highest BCUT2D eigenvalue weighted by Gasteiger charge is 2.41. The number of alkyl halides is 3. The summed E-state index contributed by atoms with van der Waals surface area (Å²) >= 11 is 10.4. The monoisotopic (exact) mass is 605 g/mol. The van der Waals surface area contributed by atoms with Gasteiger partial charge in [-0.3, -0.25) is 14.5 Å². The van der Waals surface area contributed by atoms with Gasteiger partial charge in [0, 0.05) is 20.9 Å². The second-order valence-corrected chi connectivity index (χ2v) is 10.4. The molecule has 0 radical (unpaired) electrons. The van der Waals surface area contributed by atoms with Gasteiger partial charge in [0.2, 0.25) is 5.91 Å². The van der Waals surface area contributed by atoms with Gasteiger partial charge in [0.1, 0.15) is 16.7 Å². The van der Waals surface area contributed by atoms with Crippen molar-refractivity contribution in [3.05, 3.63) is 104 Å². The van der Waals surface area contributed by atoms with Gasteiger partial charge in [0.15, 0.2) is 0 Å². The van der Waals surface area contributed by atoms with Crippen molar-refractivity contribution < 1.29 is 22.8 Å². The predicted molar refractivity (Wildman–Crippen MR) is 141 cm³/mol. The molecule has 4 rings (SSSR count). The maximum atomic E-state index is 13.5. The molecule has 1 N–H and O–H groups in total. The molecular weight excluding hydrogens is 591 g/mol. The number of hydrogen-bond acceptors (Lipinski definition) is 4. The van der Waals surface area contributed by atoms with Crippen LogP contribution in [0.2, 0.25) is 5.02 Å². The molecule has 0 bridgehead atoms. The van der Waals surface area contributed by atoms with Gasteiger partial charge in [-0.25, -0.2) is 0 Å². The Kier molecular flexibility index (Phi) is 7.97. The number of para-hydroxylation sites is 1. The van der Waals surface area contributed by atoms with Crippen LogP contribution in [0, 0.1) is 11.3 Å². The summed E-state index contributed by atoms with van der Waals surface area (Å²) in [7, 11) is 0. The summed E-state index contributed by atoms with van der Waals surface area (Å²) in [6.07, 6.45) is -4.71. The van der Waals surface area contributed by atoms with Crippen molar-refractivity contribution in [1.29, 1.82) is 5.26 Å². The summed E-state index contributed by atoms with van der Waals surface area (Å²) < 4.78 is 40.6. The Morgan fingerprint density at radius 3 is 2.41 bits per heavy atom. The van der Waals surface area contributed by atoms with Crippen LogP contribution in [0.25, 0.3) is 0 Å². The maximum absolute atomic E-state index is 13.5. The fraction of sp³-hybridized carbons (Fsp3) is 0.115. The van der Waals surface area contributed by atoms with Crippen LogP contribution in [0.3, 0.4) is 0 Å². The maximum Gasteiger partial charge on any atom is 0.416 e. The summed E-state index contributed by atoms with van der Waals surface area (Å²) in [5.41, 5.74) is -0.201. The van der Waals surface area contributed by atoms with Crippen molar-refractivity contribution in [3.8, 4) is 6.07 Å².